The molecule has 0 spiro atoms. The number of hydrogen-bond acceptors (Lipinski definition) is 4. The topological polar surface area (TPSA) is 72.2 Å². The molecule has 1 aliphatic rings. The molecule has 0 radical (unpaired) electrons. The zero-order chi connectivity index (χ0) is 11.6. The van der Waals surface area contributed by atoms with Crippen molar-refractivity contribution in [2.24, 2.45) is 5.73 Å². The minimum Gasteiger partial charge on any atom is -0.318 e. The van der Waals surface area contributed by atoms with Crippen molar-refractivity contribution in [1.29, 1.82) is 0 Å². The lowest BCUT2D eigenvalue weighted by Crippen LogP contribution is -2.22. The predicted octanol–water partition coefficient (Wildman–Crippen LogP) is 0.412. The van der Waals surface area contributed by atoms with Gasteiger partial charge in [-0.2, -0.15) is 0 Å². The zero-order valence-corrected chi connectivity index (χ0v) is 9.89. The van der Waals surface area contributed by atoms with Gasteiger partial charge >= 0.3 is 0 Å². The van der Waals surface area contributed by atoms with E-state index in [0.717, 1.165) is 24.0 Å². The molecule has 0 unspecified atom stereocenters. The molecule has 1 aromatic carbocycles. The van der Waals surface area contributed by atoms with Gasteiger partial charge in [0.15, 0.2) is 9.84 Å². The molecule has 0 amide bonds. The fourth-order valence-corrected chi connectivity index (χ4v) is 3.60. The van der Waals surface area contributed by atoms with Crippen LogP contribution in [0.2, 0.25) is 0 Å². The Labute approximate surface area is 95.8 Å². The van der Waals surface area contributed by atoms with Gasteiger partial charge in [-0.3, -0.25) is 0 Å². The molecule has 4 nitrogen and oxygen atoms in total. The Kier molecular flexibility index (Phi) is 3.28. The molecule has 1 aliphatic heterocycles. The first-order chi connectivity index (χ1) is 7.63. The van der Waals surface area contributed by atoms with Crippen molar-refractivity contribution in [3.05, 3.63) is 29.3 Å². The number of benzene rings is 1. The second-order valence-corrected chi connectivity index (χ2v) is 6.07. The standard InChI is InChI=1S/C11H16N2O2S/c12-8-13-7-9-3-4-11-10(6-9)2-1-5-16(11,14)15/h3-4,6,13H,1-2,5,7-8,12H2. The van der Waals surface area contributed by atoms with Crippen LogP contribution in [0.5, 0.6) is 0 Å². The largest absolute Gasteiger partial charge is 0.318 e. The highest BCUT2D eigenvalue weighted by Crippen LogP contribution is 2.25. The van der Waals surface area contributed by atoms with Crippen molar-refractivity contribution in [3.8, 4) is 0 Å². The molecular weight excluding hydrogens is 224 g/mol. The van der Waals surface area contributed by atoms with Crippen LogP contribution >= 0.6 is 0 Å². The van der Waals surface area contributed by atoms with Crippen molar-refractivity contribution in [2.45, 2.75) is 24.3 Å². The summed E-state index contributed by atoms with van der Waals surface area (Å²) in [6.07, 6.45) is 1.58. The summed E-state index contributed by atoms with van der Waals surface area (Å²) in [4.78, 5) is 0.509. The molecule has 3 N–H and O–H groups in total. The molecule has 0 fully saturated rings. The number of fused-ring (bicyclic) bond motifs is 1. The van der Waals surface area contributed by atoms with Crippen LogP contribution in [-0.2, 0) is 22.8 Å². The van der Waals surface area contributed by atoms with E-state index in [0.29, 0.717) is 18.1 Å². The van der Waals surface area contributed by atoms with E-state index in [1.807, 2.05) is 12.1 Å². The van der Waals surface area contributed by atoms with Gasteiger partial charge in [0.1, 0.15) is 0 Å². The maximum absolute atomic E-state index is 11.8. The lowest BCUT2D eigenvalue weighted by Gasteiger charge is -2.17. The minimum absolute atomic E-state index is 0.278. The molecule has 0 aromatic heterocycles. The monoisotopic (exact) mass is 240 g/mol. The molecule has 2 rings (SSSR count). The third-order valence-electron chi connectivity index (χ3n) is 2.79. The van der Waals surface area contributed by atoms with Gasteiger partial charge < -0.3 is 11.1 Å². The summed E-state index contributed by atoms with van der Waals surface area (Å²) >= 11 is 0. The molecule has 0 atom stereocenters. The van der Waals surface area contributed by atoms with Crippen molar-refractivity contribution in [3.63, 3.8) is 0 Å². The second kappa shape index (κ2) is 4.53. The van der Waals surface area contributed by atoms with E-state index in [1.165, 1.54) is 0 Å². The first-order valence-electron chi connectivity index (χ1n) is 5.39. The quantitative estimate of drug-likeness (QED) is 0.751. The maximum Gasteiger partial charge on any atom is 0.178 e. The van der Waals surface area contributed by atoms with Crippen LogP contribution < -0.4 is 11.1 Å². The number of sulfone groups is 1. The van der Waals surface area contributed by atoms with Crippen LogP contribution in [0.3, 0.4) is 0 Å². The van der Waals surface area contributed by atoms with E-state index in [-0.39, 0.29) is 5.75 Å². The summed E-state index contributed by atoms with van der Waals surface area (Å²) in [5.41, 5.74) is 7.38. The van der Waals surface area contributed by atoms with Gasteiger partial charge in [0.05, 0.1) is 10.6 Å². The van der Waals surface area contributed by atoms with E-state index in [2.05, 4.69) is 5.32 Å². The van der Waals surface area contributed by atoms with E-state index in [1.54, 1.807) is 6.07 Å². The van der Waals surface area contributed by atoms with Gasteiger partial charge in [-0.15, -0.1) is 0 Å². The van der Waals surface area contributed by atoms with Crippen LogP contribution in [-0.4, -0.2) is 20.8 Å². The highest BCUT2D eigenvalue weighted by molar-refractivity contribution is 7.91. The highest BCUT2D eigenvalue weighted by atomic mass is 32.2. The normalized spacial score (nSPS) is 18.1. The molecule has 1 heterocycles. The first-order valence-corrected chi connectivity index (χ1v) is 7.04. The van der Waals surface area contributed by atoms with Gasteiger partial charge in [0.25, 0.3) is 0 Å². The molecule has 5 heteroatoms. The molecule has 0 aliphatic carbocycles. The predicted molar refractivity (Wildman–Crippen MR) is 62.7 cm³/mol. The molecule has 1 aromatic rings. The first kappa shape index (κ1) is 11.6. The molecule has 16 heavy (non-hydrogen) atoms. The second-order valence-electron chi connectivity index (χ2n) is 4.00. The molecule has 88 valence electrons. The lowest BCUT2D eigenvalue weighted by atomic mass is 10.1. The zero-order valence-electron chi connectivity index (χ0n) is 9.07. The van der Waals surface area contributed by atoms with E-state index >= 15 is 0 Å². The van der Waals surface area contributed by atoms with E-state index in [4.69, 9.17) is 5.73 Å². The summed E-state index contributed by atoms with van der Waals surface area (Å²) in [6.45, 7) is 1.11. The van der Waals surface area contributed by atoms with Crippen LogP contribution in [0, 0.1) is 0 Å². The van der Waals surface area contributed by atoms with E-state index < -0.39 is 9.84 Å². The number of nitrogens with one attached hydrogen (secondary N) is 1. The number of hydrogen-bond donors (Lipinski definition) is 2. The van der Waals surface area contributed by atoms with E-state index in [9.17, 15) is 8.42 Å². The Morgan fingerprint density at radius 2 is 2.19 bits per heavy atom. The van der Waals surface area contributed by atoms with Crippen molar-refractivity contribution in [2.75, 3.05) is 12.4 Å². The summed E-state index contributed by atoms with van der Waals surface area (Å²) in [5, 5.41) is 3.02. The molecule has 0 saturated carbocycles. The summed E-state index contributed by atoms with van der Waals surface area (Å²) < 4.78 is 23.5. The third kappa shape index (κ3) is 2.26. The Bertz CT molecular complexity index is 483. The minimum atomic E-state index is -3.02. The highest BCUT2D eigenvalue weighted by Gasteiger charge is 2.23. The van der Waals surface area contributed by atoms with Gasteiger partial charge in [-0.25, -0.2) is 8.42 Å². The fourth-order valence-electron chi connectivity index (χ4n) is 2.02. The molecule has 0 bridgehead atoms. The number of aryl methyl sites for hydroxylation is 1. The van der Waals surface area contributed by atoms with Crippen LogP contribution in [0.1, 0.15) is 17.5 Å². The Morgan fingerprint density at radius 1 is 1.38 bits per heavy atom. The molecular formula is C11H16N2O2S. The van der Waals surface area contributed by atoms with Crippen LogP contribution in [0.4, 0.5) is 0 Å². The van der Waals surface area contributed by atoms with Crippen molar-refractivity contribution in [1.82, 2.24) is 5.32 Å². The summed E-state index contributed by atoms with van der Waals surface area (Å²) in [7, 11) is -3.02. The average Bonchev–Trinajstić information content (AvgIpc) is 2.25. The Morgan fingerprint density at radius 3 is 2.94 bits per heavy atom. The number of rotatable bonds is 3. The smallest absolute Gasteiger partial charge is 0.178 e. The summed E-state index contributed by atoms with van der Waals surface area (Å²) in [5.74, 6) is 0.278. The molecule has 0 saturated heterocycles. The maximum atomic E-state index is 11.8. The van der Waals surface area contributed by atoms with Crippen molar-refractivity contribution < 1.29 is 8.42 Å². The van der Waals surface area contributed by atoms with Crippen LogP contribution in [0.25, 0.3) is 0 Å². The van der Waals surface area contributed by atoms with Crippen molar-refractivity contribution >= 4 is 9.84 Å². The SMILES string of the molecule is NCNCc1ccc2c(c1)CCCS2(=O)=O. The number of nitrogens with two attached hydrogens (primary N) is 1. The Hall–Kier alpha value is -0.910. The fraction of sp³-hybridized carbons (Fsp3) is 0.455. The summed E-state index contributed by atoms with van der Waals surface area (Å²) in [6, 6.07) is 5.54. The Balaban J connectivity index is 2.32. The lowest BCUT2D eigenvalue weighted by molar-refractivity contribution is 0.586. The average molecular weight is 240 g/mol. The van der Waals surface area contributed by atoms with Gasteiger partial charge in [0, 0.05) is 13.2 Å². The third-order valence-corrected chi connectivity index (χ3v) is 4.69. The van der Waals surface area contributed by atoms with Gasteiger partial charge in [0.2, 0.25) is 0 Å². The van der Waals surface area contributed by atoms with Crippen LogP contribution in [0.15, 0.2) is 23.1 Å². The van der Waals surface area contributed by atoms with Gasteiger partial charge in [-0.1, -0.05) is 12.1 Å². The van der Waals surface area contributed by atoms with Gasteiger partial charge in [-0.05, 0) is 30.0 Å².